The van der Waals surface area contributed by atoms with Crippen molar-refractivity contribution in [1.29, 1.82) is 0 Å². The van der Waals surface area contributed by atoms with Crippen molar-refractivity contribution in [2.24, 2.45) is 0 Å². The number of anilines is 2. The fourth-order valence-corrected chi connectivity index (χ4v) is 2.15. The minimum absolute atomic E-state index is 0.216. The zero-order valence-electron chi connectivity index (χ0n) is 11.5. The highest BCUT2D eigenvalue weighted by Gasteiger charge is 2.13. The summed E-state index contributed by atoms with van der Waals surface area (Å²) in [5.74, 6) is 0.467. The maximum absolute atomic E-state index is 12.2. The topological polar surface area (TPSA) is 68.3 Å². The highest BCUT2D eigenvalue weighted by molar-refractivity contribution is 6.30. The lowest BCUT2D eigenvalue weighted by atomic mass is 10.2. The molecule has 3 aromatic rings. The Balaban J connectivity index is 1.80. The molecule has 0 aliphatic heterocycles. The van der Waals surface area contributed by atoms with E-state index >= 15 is 0 Å². The summed E-state index contributed by atoms with van der Waals surface area (Å²) in [6.45, 7) is 0. The van der Waals surface area contributed by atoms with Gasteiger partial charge in [0.15, 0.2) is 5.76 Å². The molecule has 0 bridgehead atoms. The molecule has 0 spiro atoms. The summed E-state index contributed by atoms with van der Waals surface area (Å²) in [4.78, 5) is 12.2. The Labute approximate surface area is 132 Å². The van der Waals surface area contributed by atoms with Gasteiger partial charge in [-0.25, -0.2) is 0 Å². The van der Waals surface area contributed by atoms with Gasteiger partial charge in [-0.15, -0.1) is 0 Å². The lowest BCUT2D eigenvalue weighted by molar-refractivity contribution is 0.0997. The van der Waals surface area contributed by atoms with Gasteiger partial charge in [-0.1, -0.05) is 23.7 Å². The SMILES string of the molecule is Nc1ccccc1NC(=O)c1ccc(-c2ccc(Cl)cc2)o1. The average molecular weight is 313 g/mol. The smallest absolute Gasteiger partial charge is 0.291 e. The van der Waals surface area contributed by atoms with Crippen LogP contribution in [-0.2, 0) is 0 Å². The summed E-state index contributed by atoms with van der Waals surface area (Å²) < 4.78 is 5.59. The molecule has 110 valence electrons. The Hall–Kier alpha value is -2.72. The molecule has 0 fully saturated rings. The first-order valence-corrected chi connectivity index (χ1v) is 7.03. The number of nitrogens with two attached hydrogens (primary N) is 1. The van der Waals surface area contributed by atoms with Crippen molar-refractivity contribution in [3.63, 3.8) is 0 Å². The number of benzene rings is 2. The number of furan rings is 1. The fraction of sp³-hybridized carbons (Fsp3) is 0. The van der Waals surface area contributed by atoms with Crippen LogP contribution in [0.5, 0.6) is 0 Å². The Morgan fingerprint density at radius 1 is 1.00 bits per heavy atom. The van der Waals surface area contributed by atoms with E-state index in [1.807, 2.05) is 12.1 Å². The molecular formula is C17H13ClN2O2. The third-order valence-electron chi connectivity index (χ3n) is 3.17. The van der Waals surface area contributed by atoms with E-state index in [1.54, 1.807) is 48.5 Å². The lowest BCUT2D eigenvalue weighted by Crippen LogP contribution is -2.12. The number of nitrogen functional groups attached to an aromatic ring is 1. The van der Waals surface area contributed by atoms with E-state index in [9.17, 15) is 4.79 Å². The third kappa shape index (κ3) is 2.97. The Morgan fingerprint density at radius 3 is 2.45 bits per heavy atom. The van der Waals surface area contributed by atoms with Crippen LogP contribution < -0.4 is 11.1 Å². The minimum atomic E-state index is -0.349. The number of carbonyl (C=O) groups is 1. The lowest BCUT2D eigenvalue weighted by Gasteiger charge is -2.05. The zero-order chi connectivity index (χ0) is 15.5. The van der Waals surface area contributed by atoms with Gasteiger partial charge in [0.2, 0.25) is 0 Å². The molecule has 3 rings (SSSR count). The van der Waals surface area contributed by atoms with Crippen LogP contribution in [0.15, 0.2) is 65.1 Å². The van der Waals surface area contributed by atoms with Gasteiger partial charge in [-0.05, 0) is 48.5 Å². The van der Waals surface area contributed by atoms with Gasteiger partial charge in [0.1, 0.15) is 5.76 Å². The molecule has 1 heterocycles. The van der Waals surface area contributed by atoms with Crippen LogP contribution in [-0.4, -0.2) is 5.91 Å². The maximum atomic E-state index is 12.2. The van der Waals surface area contributed by atoms with Crippen LogP contribution in [0.25, 0.3) is 11.3 Å². The van der Waals surface area contributed by atoms with Crippen LogP contribution >= 0.6 is 11.6 Å². The van der Waals surface area contributed by atoms with Crippen LogP contribution in [0.4, 0.5) is 11.4 Å². The predicted octanol–water partition coefficient (Wildman–Crippen LogP) is 4.43. The van der Waals surface area contributed by atoms with Crippen molar-refractivity contribution in [1.82, 2.24) is 0 Å². The van der Waals surface area contributed by atoms with E-state index < -0.39 is 0 Å². The first-order chi connectivity index (χ1) is 10.6. The van der Waals surface area contributed by atoms with Crippen molar-refractivity contribution < 1.29 is 9.21 Å². The number of amides is 1. The van der Waals surface area contributed by atoms with Crippen molar-refractivity contribution in [3.8, 4) is 11.3 Å². The number of hydrogen-bond donors (Lipinski definition) is 2. The van der Waals surface area contributed by atoms with Gasteiger partial charge >= 0.3 is 0 Å². The molecule has 0 saturated carbocycles. The first-order valence-electron chi connectivity index (χ1n) is 6.65. The van der Waals surface area contributed by atoms with Crippen LogP contribution in [0.1, 0.15) is 10.6 Å². The quantitative estimate of drug-likeness (QED) is 0.703. The number of carbonyl (C=O) groups excluding carboxylic acids is 1. The largest absolute Gasteiger partial charge is 0.451 e. The predicted molar refractivity (Wildman–Crippen MR) is 88.0 cm³/mol. The second kappa shape index (κ2) is 5.95. The molecule has 0 aliphatic carbocycles. The summed E-state index contributed by atoms with van der Waals surface area (Å²) in [5.41, 5.74) is 7.70. The summed E-state index contributed by atoms with van der Waals surface area (Å²) in [5, 5.41) is 3.37. The molecule has 22 heavy (non-hydrogen) atoms. The molecule has 1 aromatic heterocycles. The zero-order valence-corrected chi connectivity index (χ0v) is 12.3. The molecule has 3 N–H and O–H groups in total. The molecule has 0 saturated heterocycles. The van der Waals surface area contributed by atoms with Crippen molar-refractivity contribution in [2.75, 3.05) is 11.1 Å². The van der Waals surface area contributed by atoms with Crippen molar-refractivity contribution in [2.45, 2.75) is 0 Å². The molecule has 5 heteroatoms. The van der Waals surface area contributed by atoms with Crippen LogP contribution in [0, 0.1) is 0 Å². The maximum Gasteiger partial charge on any atom is 0.291 e. The third-order valence-corrected chi connectivity index (χ3v) is 3.42. The van der Waals surface area contributed by atoms with Crippen LogP contribution in [0.3, 0.4) is 0 Å². The molecular weight excluding hydrogens is 300 g/mol. The van der Waals surface area contributed by atoms with E-state index in [2.05, 4.69) is 5.32 Å². The van der Waals surface area contributed by atoms with E-state index in [0.29, 0.717) is 22.2 Å². The Morgan fingerprint density at radius 2 is 1.73 bits per heavy atom. The van der Waals surface area contributed by atoms with E-state index in [4.69, 9.17) is 21.8 Å². The number of nitrogens with one attached hydrogen (secondary N) is 1. The summed E-state index contributed by atoms with van der Waals surface area (Å²) in [7, 11) is 0. The molecule has 0 radical (unpaired) electrons. The molecule has 0 unspecified atom stereocenters. The monoisotopic (exact) mass is 312 g/mol. The first kappa shape index (κ1) is 14.2. The molecule has 2 aromatic carbocycles. The summed E-state index contributed by atoms with van der Waals surface area (Å²) in [6, 6.07) is 17.6. The average Bonchev–Trinajstić information content (AvgIpc) is 3.00. The van der Waals surface area contributed by atoms with Crippen LogP contribution in [0.2, 0.25) is 5.02 Å². The standard InChI is InChI=1S/C17H13ClN2O2/c18-12-7-5-11(6-8-12)15-9-10-16(22-15)17(21)20-14-4-2-1-3-13(14)19/h1-10H,19H2,(H,20,21). The molecule has 0 atom stereocenters. The Kier molecular flexibility index (Phi) is 3.85. The Bertz CT molecular complexity index is 810. The van der Waals surface area contributed by atoms with Gasteiger partial charge in [-0.2, -0.15) is 0 Å². The minimum Gasteiger partial charge on any atom is -0.451 e. The number of hydrogen-bond acceptors (Lipinski definition) is 3. The number of rotatable bonds is 3. The van der Waals surface area contributed by atoms with E-state index in [-0.39, 0.29) is 11.7 Å². The van der Waals surface area contributed by atoms with Gasteiger partial charge in [0.05, 0.1) is 11.4 Å². The van der Waals surface area contributed by atoms with E-state index in [0.717, 1.165) is 5.56 Å². The van der Waals surface area contributed by atoms with Gasteiger partial charge in [0, 0.05) is 10.6 Å². The second-order valence-corrected chi connectivity index (χ2v) is 5.15. The van der Waals surface area contributed by atoms with E-state index in [1.165, 1.54) is 0 Å². The second-order valence-electron chi connectivity index (χ2n) is 4.71. The fourth-order valence-electron chi connectivity index (χ4n) is 2.02. The number of para-hydroxylation sites is 2. The summed E-state index contributed by atoms with van der Waals surface area (Å²) in [6.07, 6.45) is 0. The summed E-state index contributed by atoms with van der Waals surface area (Å²) >= 11 is 5.85. The van der Waals surface area contributed by atoms with Crippen molar-refractivity contribution in [3.05, 3.63) is 71.4 Å². The molecule has 4 nitrogen and oxygen atoms in total. The highest BCUT2D eigenvalue weighted by atomic mass is 35.5. The normalized spacial score (nSPS) is 10.4. The van der Waals surface area contributed by atoms with Crippen molar-refractivity contribution >= 4 is 28.9 Å². The number of halogens is 1. The molecule has 1 amide bonds. The highest BCUT2D eigenvalue weighted by Crippen LogP contribution is 2.25. The van der Waals surface area contributed by atoms with Gasteiger partial charge < -0.3 is 15.5 Å². The van der Waals surface area contributed by atoms with Gasteiger partial charge in [0.25, 0.3) is 5.91 Å². The van der Waals surface area contributed by atoms with Gasteiger partial charge in [-0.3, -0.25) is 4.79 Å². The molecule has 0 aliphatic rings.